The van der Waals surface area contributed by atoms with Crippen LogP contribution in [0, 0.1) is 0 Å². The third kappa shape index (κ3) is 4.18. The van der Waals surface area contributed by atoms with Crippen LogP contribution in [0.3, 0.4) is 0 Å². The minimum absolute atomic E-state index is 0. The maximum atomic E-state index is 11.1. The monoisotopic (exact) mass is 230 g/mol. The largest absolute Gasteiger partial charge is 1.00 e. The van der Waals surface area contributed by atoms with Crippen LogP contribution in [0.25, 0.3) is 0 Å². The molecule has 4 nitrogen and oxygen atoms in total. The summed E-state index contributed by atoms with van der Waals surface area (Å²) in [5.74, 6) is 0.251. The summed E-state index contributed by atoms with van der Waals surface area (Å²) < 4.78 is 9.83. The highest BCUT2D eigenvalue weighted by Crippen LogP contribution is 2.13. The molecular formula is C10H13ClNO3-. The number of nitrogens with two attached hydrogens (primary N) is 1. The molecule has 0 aliphatic rings. The second-order valence-electron chi connectivity index (χ2n) is 2.66. The van der Waals surface area contributed by atoms with Crippen molar-refractivity contribution in [3.05, 3.63) is 29.8 Å². The summed E-state index contributed by atoms with van der Waals surface area (Å²) in [7, 11) is 1.34. The molecule has 0 fully saturated rings. The molecule has 15 heavy (non-hydrogen) atoms. The van der Waals surface area contributed by atoms with Gasteiger partial charge >= 0.3 is 5.97 Å². The van der Waals surface area contributed by atoms with E-state index in [9.17, 15) is 4.79 Å². The predicted molar refractivity (Wildman–Crippen MR) is 52.3 cm³/mol. The fourth-order valence-electron chi connectivity index (χ4n) is 1.01. The molecule has 0 saturated carbocycles. The number of ether oxygens (including phenoxy) is 2. The molecule has 0 atom stereocenters. The van der Waals surface area contributed by atoms with Gasteiger partial charge in [-0.3, -0.25) is 0 Å². The third-order valence-electron chi connectivity index (χ3n) is 1.64. The fourth-order valence-corrected chi connectivity index (χ4v) is 1.01. The Morgan fingerprint density at radius 1 is 1.47 bits per heavy atom. The van der Waals surface area contributed by atoms with E-state index in [1.807, 2.05) is 0 Å². The summed E-state index contributed by atoms with van der Waals surface area (Å²) in [6.45, 7) is 0.882. The molecule has 0 heterocycles. The van der Waals surface area contributed by atoms with E-state index in [1.165, 1.54) is 7.11 Å². The second-order valence-corrected chi connectivity index (χ2v) is 2.66. The Hall–Kier alpha value is -1.26. The van der Waals surface area contributed by atoms with Crippen LogP contribution < -0.4 is 22.9 Å². The molecule has 1 aromatic rings. The lowest BCUT2D eigenvalue weighted by Gasteiger charge is -2.05. The first-order valence-electron chi connectivity index (χ1n) is 4.29. The number of carbonyl (C=O) groups is 1. The van der Waals surface area contributed by atoms with E-state index in [0.29, 0.717) is 24.5 Å². The van der Waals surface area contributed by atoms with Crippen molar-refractivity contribution in [3.63, 3.8) is 0 Å². The average molecular weight is 231 g/mol. The Bertz CT molecular complexity index is 317. The molecule has 2 N–H and O–H groups in total. The molecule has 1 aromatic carbocycles. The van der Waals surface area contributed by atoms with Gasteiger partial charge < -0.3 is 27.6 Å². The van der Waals surface area contributed by atoms with Crippen LogP contribution in [0.4, 0.5) is 0 Å². The number of carbonyl (C=O) groups excluding carboxylic acids is 1. The molecule has 0 amide bonds. The zero-order valence-corrected chi connectivity index (χ0v) is 9.16. The van der Waals surface area contributed by atoms with Gasteiger partial charge in [-0.1, -0.05) is 6.07 Å². The number of hydrogen-bond donors (Lipinski definition) is 1. The highest BCUT2D eigenvalue weighted by Gasteiger charge is 2.05. The minimum atomic E-state index is -0.372. The van der Waals surface area contributed by atoms with Gasteiger partial charge in [-0.05, 0) is 18.2 Å². The van der Waals surface area contributed by atoms with Crippen molar-refractivity contribution in [2.24, 2.45) is 5.73 Å². The lowest BCUT2D eigenvalue weighted by atomic mass is 10.2. The predicted octanol–water partition coefficient (Wildman–Crippen LogP) is -2.19. The number of rotatable bonds is 4. The van der Waals surface area contributed by atoms with Crippen molar-refractivity contribution in [1.29, 1.82) is 0 Å². The molecule has 0 bridgehead atoms. The van der Waals surface area contributed by atoms with Crippen molar-refractivity contribution in [1.82, 2.24) is 0 Å². The summed E-state index contributed by atoms with van der Waals surface area (Å²) in [5.41, 5.74) is 5.76. The topological polar surface area (TPSA) is 61.5 Å². The summed E-state index contributed by atoms with van der Waals surface area (Å²) >= 11 is 0. The minimum Gasteiger partial charge on any atom is -1.00 e. The van der Waals surface area contributed by atoms with E-state index >= 15 is 0 Å². The van der Waals surface area contributed by atoms with E-state index in [4.69, 9.17) is 10.5 Å². The first kappa shape index (κ1) is 13.7. The molecule has 0 aromatic heterocycles. The van der Waals surface area contributed by atoms with Crippen LogP contribution in [0.1, 0.15) is 10.4 Å². The summed E-state index contributed by atoms with van der Waals surface area (Å²) in [6, 6.07) is 6.79. The maximum absolute atomic E-state index is 11.1. The van der Waals surface area contributed by atoms with Crippen molar-refractivity contribution >= 4 is 5.97 Å². The SMILES string of the molecule is COC(=O)c1cccc(OCCN)c1.[Cl-]. The first-order valence-corrected chi connectivity index (χ1v) is 4.29. The Morgan fingerprint density at radius 2 is 2.20 bits per heavy atom. The number of benzene rings is 1. The molecule has 0 spiro atoms. The van der Waals surface area contributed by atoms with E-state index in [-0.39, 0.29) is 18.4 Å². The summed E-state index contributed by atoms with van der Waals surface area (Å²) in [4.78, 5) is 11.1. The second kappa shape index (κ2) is 7.09. The van der Waals surface area contributed by atoms with Crippen LogP contribution >= 0.6 is 0 Å². The highest BCUT2D eigenvalue weighted by atomic mass is 35.5. The first-order chi connectivity index (χ1) is 6.77. The Kier molecular flexibility index (Phi) is 6.49. The van der Waals surface area contributed by atoms with Gasteiger partial charge in [0.2, 0.25) is 0 Å². The molecule has 84 valence electrons. The van der Waals surface area contributed by atoms with Crippen LogP contribution in [-0.4, -0.2) is 26.2 Å². The van der Waals surface area contributed by atoms with Crippen molar-refractivity contribution in [2.75, 3.05) is 20.3 Å². The van der Waals surface area contributed by atoms with Crippen LogP contribution in [0.15, 0.2) is 24.3 Å². The number of halogens is 1. The van der Waals surface area contributed by atoms with Crippen molar-refractivity contribution < 1.29 is 26.7 Å². The smallest absolute Gasteiger partial charge is 0.337 e. The van der Waals surface area contributed by atoms with Crippen molar-refractivity contribution in [2.45, 2.75) is 0 Å². The molecule has 0 radical (unpaired) electrons. The van der Waals surface area contributed by atoms with Gasteiger partial charge in [0.15, 0.2) is 0 Å². The van der Waals surface area contributed by atoms with Crippen LogP contribution in [-0.2, 0) is 4.74 Å². The molecule has 0 saturated heterocycles. The highest BCUT2D eigenvalue weighted by molar-refractivity contribution is 5.89. The number of hydrogen-bond acceptors (Lipinski definition) is 4. The molecule has 1 rings (SSSR count). The summed E-state index contributed by atoms with van der Waals surface area (Å²) in [5, 5.41) is 0. The van der Waals surface area contributed by atoms with Gasteiger partial charge in [0.05, 0.1) is 12.7 Å². The molecule has 0 aliphatic heterocycles. The summed E-state index contributed by atoms with van der Waals surface area (Å²) in [6.07, 6.45) is 0. The third-order valence-corrected chi connectivity index (χ3v) is 1.64. The zero-order chi connectivity index (χ0) is 10.4. The maximum Gasteiger partial charge on any atom is 0.337 e. The zero-order valence-electron chi connectivity index (χ0n) is 8.40. The fraction of sp³-hybridized carbons (Fsp3) is 0.300. The van der Waals surface area contributed by atoms with Gasteiger partial charge in [-0.25, -0.2) is 4.79 Å². The van der Waals surface area contributed by atoms with Gasteiger partial charge in [0, 0.05) is 6.54 Å². The van der Waals surface area contributed by atoms with Crippen LogP contribution in [0.5, 0.6) is 5.75 Å². The average Bonchev–Trinajstić information content (AvgIpc) is 2.25. The van der Waals surface area contributed by atoms with E-state index in [2.05, 4.69) is 4.74 Å². The van der Waals surface area contributed by atoms with Gasteiger partial charge in [0.1, 0.15) is 12.4 Å². The van der Waals surface area contributed by atoms with E-state index in [0.717, 1.165) is 0 Å². The number of esters is 1. The van der Waals surface area contributed by atoms with Gasteiger partial charge in [-0.2, -0.15) is 0 Å². The molecular weight excluding hydrogens is 218 g/mol. The van der Waals surface area contributed by atoms with Crippen LogP contribution in [0.2, 0.25) is 0 Å². The lowest BCUT2D eigenvalue weighted by molar-refractivity contribution is -0.0000179. The van der Waals surface area contributed by atoms with Gasteiger partial charge in [0.25, 0.3) is 0 Å². The quantitative estimate of drug-likeness (QED) is 0.598. The van der Waals surface area contributed by atoms with Gasteiger partial charge in [-0.15, -0.1) is 0 Å². The Labute approximate surface area is 94.8 Å². The van der Waals surface area contributed by atoms with Crippen molar-refractivity contribution in [3.8, 4) is 5.75 Å². The Morgan fingerprint density at radius 3 is 2.80 bits per heavy atom. The van der Waals surface area contributed by atoms with E-state index in [1.54, 1.807) is 24.3 Å². The van der Waals surface area contributed by atoms with E-state index < -0.39 is 0 Å². The molecule has 5 heteroatoms. The molecule has 0 aliphatic carbocycles. The Balaban J connectivity index is 0.00000196. The standard InChI is InChI=1S/C10H13NO3.ClH/c1-13-10(12)8-3-2-4-9(7-8)14-6-5-11;/h2-4,7H,5-6,11H2,1H3;1H/p-1. The normalized spacial score (nSPS) is 8.93. The number of methoxy groups -OCH3 is 1. The molecule has 0 unspecified atom stereocenters. The lowest BCUT2D eigenvalue weighted by Crippen LogP contribution is -3.00.